The second kappa shape index (κ2) is 6.42. The zero-order valence-electron chi connectivity index (χ0n) is 14.6. The number of aromatic nitrogens is 5. The molecule has 0 radical (unpaired) electrons. The molecule has 2 aromatic heterocycles. The fourth-order valence-corrected chi connectivity index (χ4v) is 5.07. The molecule has 2 aliphatic heterocycles. The van der Waals surface area contributed by atoms with Crippen LogP contribution in [0.5, 0.6) is 0 Å². The number of hydrogen-bond acceptors (Lipinski definition) is 7. The molecule has 3 aromatic rings. The van der Waals surface area contributed by atoms with Crippen molar-refractivity contribution in [1.82, 2.24) is 25.2 Å². The average molecular weight is 406 g/mol. The first-order valence-corrected chi connectivity index (χ1v) is 9.91. The molecule has 1 aromatic carbocycles. The maximum Gasteiger partial charge on any atom is 0.216 e. The molecule has 2 saturated heterocycles. The smallest absolute Gasteiger partial charge is 0.216 e. The predicted molar refractivity (Wildman–Crippen MR) is 103 cm³/mol. The molecule has 27 heavy (non-hydrogen) atoms. The minimum absolute atomic E-state index is 0.249. The minimum atomic E-state index is -0.249. The number of fused-ring (bicyclic) bond motifs is 1. The first-order valence-electron chi connectivity index (χ1n) is 8.72. The molecule has 0 amide bonds. The van der Waals surface area contributed by atoms with E-state index in [-0.39, 0.29) is 5.82 Å². The Balaban J connectivity index is 1.29. The highest BCUT2D eigenvalue weighted by molar-refractivity contribution is 7.18. The third-order valence-corrected chi connectivity index (χ3v) is 6.60. The van der Waals surface area contributed by atoms with Crippen LogP contribution in [-0.4, -0.2) is 51.4 Å². The van der Waals surface area contributed by atoms with Crippen LogP contribution in [0.25, 0.3) is 10.7 Å². The monoisotopic (exact) mass is 405 g/mol. The molecular weight excluding hydrogens is 389 g/mol. The van der Waals surface area contributed by atoms with Crippen LogP contribution < -0.4 is 9.80 Å². The van der Waals surface area contributed by atoms with Crippen LogP contribution in [0.4, 0.5) is 15.2 Å². The Morgan fingerprint density at radius 3 is 2.59 bits per heavy atom. The van der Waals surface area contributed by atoms with Gasteiger partial charge in [0.1, 0.15) is 5.82 Å². The van der Waals surface area contributed by atoms with E-state index in [0.717, 1.165) is 41.9 Å². The summed E-state index contributed by atoms with van der Waals surface area (Å²) in [5, 5.41) is 13.7. The van der Waals surface area contributed by atoms with Crippen LogP contribution in [0, 0.1) is 17.7 Å². The Morgan fingerprint density at radius 1 is 1.15 bits per heavy atom. The number of anilines is 2. The molecule has 7 nitrogen and oxygen atoms in total. The number of hydrogen-bond donors (Lipinski definition) is 0. The van der Waals surface area contributed by atoms with E-state index in [4.69, 9.17) is 11.6 Å². The van der Waals surface area contributed by atoms with Crippen LogP contribution in [0.3, 0.4) is 0 Å². The van der Waals surface area contributed by atoms with Crippen molar-refractivity contribution in [1.29, 1.82) is 0 Å². The third kappa shape index (κ3) is 3.04. The molecule has 2 atom stereocenters. The van der Waals surface area contributed by atoms with Crippen molar-refractivity contribution in [3.8, 4) is 10.7 Å². The largest absolute Gasteiger partial charge is 0.370 e. The van der Waals surface area contributed by atoms with Crippen molar-refractivity contribution >= 4 is 33.8 Å². The summed E-state index contributed by atoms with van der Waals surface area (Å²) in [6.45, 7) is 3.65. The maximum atomic E-state index is 13.6. The molecule has 0 aliphatic carbocycles. The van der Waals surface area contributed by atoms with Crippen molar-refractivity contribution in [3.63, 3.8) is 0 Å². The second-order valence-corrected chi connectivity index (χ2v) is 8.45. The lowest BCUT2D eigenvalue weighted by molar-refractivity contribution is 0.533. The quantitative estimate of drug-likeness (QED) is 0.667. The Labute approximate surface area is 164 Å². The summed E-state index contributed by atoms with van der Waals surface area (Å²) in [7, 11) is 1.75. The SMILES string of the molecule is Cn1nnc(-c2cnc(N3CC4CN(c5cc(F)ccc5Cl)CC4C3)s2)n1. The number of aryl methyl sites for hydroxylation is 1. The molecule has 2 aliphatic rings. The van der Waals surface area contributed by atoms with Gasteiger partial charge in [-0.15, -0.1) is 10.2 Å². The van der Waals surface area contributed by atoms with E-state index >= 15 is 0 Å². The Hall–Kier alpha value is -2.26. The van der Waals surface area contributed by atoms with Crippen LogP contribution in [0.15, 0.2) is 24.4 Å². The Kier molecular flexibility index (Phi) is 4.01. The van der Waals surface area contributed by atoms with E-state index < -0.39 is 0 Å². The zero-order valence-corrected chi connectivity index (χ0v) is 16.2. The van der Waals surface area contributed by atoms with Crippen LogP contribution in [0.1, 0.15) is 0 Å². The molecule has 0 bridgehead atoms. The third-order valence-electron chi connectivity index (χ3n) is 5.23. The van der Waals surface area contributed by atoms with Gasteiger partial charge in [0.25, 0.3) is 0 Å². The zero-order chi connectivity index (χ0) is 18.5. The number of benzene rings is 1. The Morgan fingerprint density at radius 2 is 1.89 bits per heavy atom. The molecule has 2 unspecified atom stereocenters. The first kappa shape index (κ1) is 16.9. The second-order valence-electron chi connectivity index (χ2n) is 7.04. The van der Waals surface area contributed by atoms with E-state index in [1.807, 2.05) is 6.20 Å². The fraction of sp³-hybridized carbons (Fsp3) is 0.412. The van der Waals surface area contributed by atoms with E-state index in [1.54, 1.807) is 24.5 Å². The highest BCUT2D eigenvalue weighted by Gasteiger charge is 2.41. The minimum Gasteiger partial charge on any atom is -0.370 e. The lowest BCUT2D eigenvalue weighted by atomic mass is 10.0. The van der Waals surface area contributed by atoms with Gasteiger partial charge in [0, 0.05) is 38.0 Å². The van der Waals surface area contributed by atoms with Gasteiger partial charge in [0.05, 0.1) is 28.8 Å². The van der Waals surface area contributed by atoms with Crippen LogP contribution >= 0.6 is 22.9 Å². The van der Waals surface area contributed by atoms with Gasteiger partial charge in [0.15, 0.2) is 5.13 Å². The van der Waals surface area contributed by atoms with Crippen LogP contribution in [0.2, 0.25) is 5.02 Å². The van der Waals surface area contributed by atoms with Crippen molar-refractivity contribution in [3.05, 3.63) is 35.2 Å². The topological polar surface area (TPSA) is 63.0 Å². The van der Waals surface area contributed by atoms with Gasteiger partial charge in [-0.2, -0.15) is 4.80 Å². The molecule has 10 heteroatoms. The van der Waals surface area contributed by atoms with E-state index in [2.05, 4.69) is 30.2 Å². The highest BCUT2D eigenvalue weighted by atomic mass is 35.5. The summed E-state index contributed by atoms with van der Waals surface area (Å²) < 4.78 is 13.6. The summed E-state index contributed by atoms with van der Waals surface area (Å²) in [6, 6.07) is 4.56. The molecular formula is C17H17ClFN7S. The van der Waals surface area contributed by atoms with Gasteiger partial charge in [-0.05, 0) is 23.4 Å². The normalized spacial score (nSPS) is 21.9. The van der Waals surface area contributed by atoms with Gasteiger partial charge in [-0.25, -0.2) is 9.37 Å². The van der Waals surface area contributed by atoms with Gasteiger partial charge >= 0.3 is 0 Å². The van der Waals surface area contributed by atoms with Crippen LogP contribution in [-0.2, 0) is 7.05 Å². The summed E-state index contributed by atoms with van der Waals surface area (Å²) in [6.07, 6.45) is 1.81. The lowest BCUT2D eigenvalue weighted by Gasteiger charge is -2.23. The predicted octanol–water partition coefficient (Wildman–Crippen LogP) is 2.70. The fourth-order valence-electron chi connectivity index (χ4n) is 3.97. The molecule has 0 saturated carbocycles. The number of tetrazole rings is 1. The Bertz CT molecular complexity index is 975. The molecule has 5 rings (SSSR count). The van der Waals surface area contributed by atoms with E-state index in [9.17, 15) is 4.39 Å². The summed E-state index contributed by atoms with van der Waals surface area (Å²) in [4.78, 5) is 11.4. The molecule has 0 N–H and O–H groups in total. The molecule has 0 spiro atoms. The number of rotatable bonds is 3. The lowest BCUT2D eigenvalue weighted by Crippen LogP contribution is -2.28. The van der Waals surface area contributed by atoms with E-state index in [0.29, 0.717) is 22.7 Å². The summed E-state index contributed by atoms with van der Waals surface area (Å²) in [5.41, 5.74) is 0.794. The van der Waals surface area contributed by atoms with Gasteiger partial charge < -0.3 is 9.80 Å². The van der Waals surface area contributed by atoms with Gasteiger partial charge in [-0.1, -0.05) is 22.9 Å². The van der Waals surface area contributed by atoms with Gasteiger partial charge in [0.2, 0.25) is 5.82 Å². The van der Waals surface area contributed by atoms with E-state index in [1.165, 1.54) is 16.9 Å². The average Bonchev–Trinajstić information content (AvgIpc) is 3.38. The first-order chi connectivity index (χ1) is 13.1. The van der Waals surface area contributed by atoms with Crippen molar-refractivity contribution in [2.24, 2.45) is 18.9 Å². The van der Waals surface area contributed by atoms with Gasteiger partial charge in [-0.3, -0.25) is 0 Å². The standard InChI is InChI=1S/C17H17ClFN7S/c1-24-22-16(21-23-24)15-5-20-17(27-15)26-8-10-6-25(7-11(10)9-26)14-4-12(19)2-3-13(14)18/h2-5,10-11H,6-9H2,1H3. The van der Waals surface area contributed by atoms with Crippen molar-refractivity contribution in [2.45, 2.75) is 0 Å². The summed E-state index contributed by atoms with van der Waals surface area (Å²) >= 11 is 7.86. The molecule has 140 valence electrons. The molecule has 4 heterocycles. The maximum absolute atomic E-state index is 13.6. The van der Waals surface area contributed by atoms with Crippen molar-refractivity contribution in [2.75, 3.05) is 36.0 Å². The molecule has 2 fully saturated rings. The highest BCUT2D eigenvalue weighted by Crippen LogP contribution is 2.40. The number of thiazole rings is 1. The number of nitrogens with zero attached hydrogens (tertiary/aromatic N) is 7. The number of halogens is 2. The van der Waals surface area contributed by atoms with Crippen molar-refractivity contribution < 1.29 is 4.39 Å². The summed E-state index contributed by atoms with van der Waals surface area (Å²) in [5.74, 6) is 1.39.